The molecular formula is C26H22N2O7. The van der Waals surface area contributed by atoms with Crippen molar-refractivity contribution in [2.75, 3.05) is 20.3 Å². The number of carbonyl (C=O) groups excluding carboxylic acids is 2. The molecule has 1 amide bonds. The molecule has 1 fully saturated rings. The lowest BCUT2D eigenvalue weighted by Crippen LogP contribution is -2.34. The summed E-state index contributed by atoms with van der Waals surface area (Å²) >= 11 is 0. The van der Waals surface area contributed by atoms with Crippen LogP contribution in [0.25, 0.3) is 17.0 Å². The monoisotopic (exact) mass is 474 g/mol. The number of fused-ring (bicyclic) bond motifs is 1. The van der Waals surface area contributed by atoms with Crippen LogP contribution < -0.4 is 20.4 Å². The van der Waals surface area contributed by atoms with Gasteiger partial charge in [0.2, 0.25) is 0 Å². The minimum Gasteiger partial charge on any atom is -0.496 e. The fourth-order valence-corrected chi connectivity index (χ4v) is 3.66. The summed E-state index contributed by atoms with van der Waals surface area (Å²) in [4.78, 5) is 37.4. The number of benzene rings is 2. The van der Waals surface area contributed by atoms with Gasteiger partial charge in [-0.05, 0) is 43.2 Å². The Morgan fingerprint density at radius 2 is 2.06 bits per heavy atom. The van der Waals surface area contributed by atoms with Crippen molar-refractivity contribution in [3.8, 4) is 17.6 Å². The molecule has 0 saturated carbocycles. The van der Waals surface area contributed by atoms with E-state index >= 15 is 0 Å². The smallest absolute Gasteiger partial charge is 0.354 e. The van der Waals surface area contributed by atoms with Crippen molar-refractivity contribution in [2.45, 2.75) is 18.9 Å². The van der Waals surface area contributed by atoms with Crippen LogP contribution in [0.15, 0.2) is 63.3 Å². The van der Waals surface area contributed by atoms with E-state index in [-0.39, 0.29) is 28.6 Å². The molecule has 9 heteroatoms. The fourth-order valence-electron chi connectivity index (χ4n) is 3.66. The fraction of sp³-hybridized carbons (Fsp3) is 0.231. The molecule has 4 rings (SSSR count). The van der Waals surface area contributed by atoms with E-state index in [1.165, 1.54) is 31.4 Å². The third kappa shape index (κ3) is 5.57. The van der Waals surface area contributed by atoms with Crippen molar-refractivity contribution < 1.29 is 28.2 Å². The van der Waals surface area contributed by atoms with Gasteiger partial charge in [0.15, 0.2) is 0 Å². The topological polar surface area (TPSA) is 128 Å². The van der Waals surface area contributed by atoms with Gasteiger partial charge in [-0.15, -0.1) is 0 Å². The van der Waals surface area contributed by atoms with Gasteiger partial charge < -0.3 is 23.9 Å². The number of hydrogen-bond acceptors (Lipinski definition) is 8. The number of rotatable bonds is 7. The van der Waals surface area contributed by atoms with Gasteiger partial charge in [-0.1, -0.05) is 18.2 Å². The molecule has 1 saturated heterocycles. The van der Waals surface area contributed by atoms with Crippen molar-refractivity contribution in [3.05, 3.63) is 75.7 Å². The molecule has 2 aromatic carbocycles. The van der Waals surface area contributed by atoms with Crippen molar-refractivity contribution in [3.63, 3.8) is 0 Å². The quantitative estimate of drug-likeness (QED) is 0.182. The van der Waals surface area contributed by atoms with Crippen LogP contribution in [-0.2, 0) is 9.53 Å². The first kappa shape index (κ1) is 23.7. The Labute approximate surface area is 200 Å². The van der Waals surface area contributed by atoms with Crippen molar-refractivity contribution in [1.82, 2.24) is 5.32 Å². The third-order valence-corrected chi connectivity index (χ3v) is 5.46. The van der Waals surface area contributed by atoms with Crippen molar-refractivity contribution in [2.24, 2.45) is 0 Å². The molecule has 178 valence electrons. The van der Waals surface area contributed by atoms with Gasteiger partial charge in [0.05, 0.1) is 13.2 Å². The van der Waals surface area contributed by atoms with Crippen LogP contribution in [0, 0.1) is 11.3 Å². The van der Waals surface area contributed by atoms with Gasteiger partial charge in [-0.2, -0.15) is 5.26 Å². The number of nitrogens with one attached hydrogen (secondary N) is 1. The van der Waals surface area contributed by atoms with Crippen LogP contribution in [-0.4, -0.2) is 38.2 Å². The molecule has 1 N–H and O–H groups in total. The van der Waals surface area contributed by atoms with Crippen molar-refractivity contribution >= 4 is 28.9 Å². The highest BCUT2D eigenvalue weighted by Gasteiger charge is 2.20. The summed E-state index contributed by atoms with van der Waals surface area (Å²) in [5.74, 6) is -0.865. The molecular weight excluding hydrogens is 452 g/mol. The highest BCUT2D eigenvalue weighted by atomic mass is 16.5. The predicted octanol–water partition coefficient (Wildman–Crippen LogP) is 3.22. The Hall–Kier alpha value is -4.42. The summed E-state index contributed by atoms with van der Waals surface area (Å²) in [6.07, 6.45) is 3.11. The number of methoxy groups -OCH3 is 1. The van der Waals surface area contributed by atoms with Crippen LogP contribution >= 0.6 is 0 Å². The van der Waals surface area contributed by atoms with Gasteiger partial charge >= 0.3 is 11.6 Å². The summed E-state index contributed by atoms with van der Waals surface area (Å²) in [7, 11) is 1.49. The first-order valence-electron chi connectivity index (χ1n) is 10.9. The molecule has 0 spiro atoms. The van der Waals surface area contributed by atoms with E-state index in [1.54, 1.807) is 30.3 Å². The Morgan fingerprint density at radius 1 is 1.23 bits per heavy atom. The zero-order valence-corrected chi connectivity index (χ0v) is 18.9. The Balaban J connectivity index is 1.51. The van der Waals surface area contributed by atoms with E-state index in [0.29, 0.717) is 29.9 Å². The Bertz CT molecular complexity index is 1390. The minimum atomic E-state index is -0.884. The van der Waals surface area contributed by atoms with Gasteiger partial charge in [0, 0.05) is 30.2 Å². The zero-order valence-electron chi connectivity index (χ0n) is 18.9. The van der Waals surface area contributed by atoms with E-state index in [9.17, 15) is 19.6 Å². The molecule has 1 atom stereocenters. The van der Waals surface area contributed by atoms with Crippen LogP contribution in [0.4, 0.5) is 0 Å². The molecule has 0 radical (unpaired) electrons. The van der Waals surface area contributed by atoms with Crippen LogP contribution in [0.2, 0.25) is 0 Å². The highest BCUT2D eigenvalue weighted by Crippen LogP contribution is 2.23. The normalized spacial score (nSPS) is 15.4. The Morgan fingerprint density at radius 3 is 2.80 bits per heavy atom. The number of carbonyl (C=O) groups is 2. The molecule has 0 aliphatic carbocycles. The van der Waals surface area contributed by atoms with E-state index in [2.05, 4.69) is 5.32 Å². The van der Waals surface area contributed by atoms with Crippen LogP contribution in [0.5, 0.6) is 11.5 Å². The molecule has 1 aliphatic rings. The van der Waals surface area contributed by atoms with Gasteiger partial charge in [-0.25, -0.2) is 9.59 Å². The van der Waals surface area contributed by atoms with Gasteiger partial charge in [0.1, 0.15) is 34.3 Å². The molecule has 1 unspecified atom stereocenters. The number of amides is 1. The average Bonchev–Trinajstić information content (AvgIpc) is 3.39. The van der Waals surface area contributed by atoms with E-state index in [1.807, 2.05) is 6.07 Å². The summed E-state index contributed by atoms with van der Waals surface area (Å²) in [5.41, 5.74) is -0.526. The molecule has 0 bridgehead atoms. The summed E-state index contributed by atoms with van der Waals surface area (Å²) < 4.78 is 21.3. The first-order chi connectivity index (χ1) is 17.0. The molecule has 1 aromatic heterocycles. The third-order valence-electron chi connectivity index (χ3n) is 5.46. The summed E-state index contributed by atoms with van der Waals surface area (Å²) in [6.45, 7) is 0.979. The molecule has 3 aromatic rings. The number of esters is 1. The second kappa shape index (κ2) is 10.7. The number of hydrogen-bond donors (Lipinski definition) is 1. The second-order valence-electron chi connectivity index (χ2n) is 7.79. The maximum Gasteiger partial charge on any atom is 0.354 e. The van der Waals surface area contributed by atoms with Gasteiger partial charge in [0.25, 0.3) is 5.91 Å². The zero-order chi connectivity index (χ0) is 24.8. The summed E-state index contributed by atoms with van der Waals surface area (Å²) in [6, 6.07) is 14.5. The first-order valence-corrected chi connectivity index (χ1v) is 10.9. The Kier molecular flexibility index (Phi) is 7.24. The standard InChI is InChI=1S/C26H22N2O7/c1-32-22-7-3-2-5-16(22)11-18(14-27)25(30)34-19-9-8-17-12-21(26(31)35-23(17)13-19)24(29)28-15-20-6-4-10-33-20/h2-3,5,7-9,11-13,20H,4,6,10,15H2,1H3,(H,28,29)/b18-11+. The van der Waals surface area contributed by atoms with Gasteiger partial charge in [-0.3, -0.25) is 4.79 Å². The maximum absolute atomic E-state index is 12.6. The number of para-hydroxylation sites is 1. The van der Waals surface area contributed by atoms with E-state index < -0.39 is 17.5 Å². The number of ether oxygens (including phenoxy) is 3. The summed E-state index contributed by atoms with van der Waals surface area (Å²) in [5, 5.41) is 12.6. The lowest BCUT2D eigenvalue weighted by molar-refractivity contribution is -0.129. The highest BCUT2D eigenvalue weighted by molar-refractivity contribution is 6.00. The molecule has 1 aliphatic heterocycles. The van der Waals surface area contributed by atoms with Crippen molar-refractivity contribution in [1.29, 1.82) is 5.26 Å². The van der Waals surface area contributed by atoms with Crippen LogP contribution in [0.3, 0.4) is 0 Å². The van der Waals surface area contributed by atoms with E-state index in [0.717, 1.165) is 12.8 Å². The largest absolute Gasteiger partial charge is 0.496 e. The van der Waals surface area contributed by atoms with Crippen LogP contribution in [0.1, 0.15) is 28.8 Å². The minimum absolute atomic E-state index is 0.0565. The lowest BCUT2D eigenvalue weighted by Gasteiger charge is -2.10. The number of nitriles is 1. The number of nitrogens with zero attached hydrogens (tertiary/aromatic N) is 1. The average molecular weight is 474 g/mol. The lowest BCUT2D eigenvalue weighted by atomic mass is 10.1. The SMILES string of the molecule is COc1ccccc1/C=C(\C#N)C(=O)Oc1ccc2cc(C(=O)NCC3CCCO3)c(=O)oc2c1. The second-order valence-corrected chi connectivity index (χ2v) is 7.79. The predicted molar refractivity (Wildman–Crippen MR) is 126 cm³/mol. The maximum atomic E-state index is 12.6. The molecule has 9 nitrogen and oxygen atoms in total. The molecule has 35 heavy (non-hydrogen) atoms. The van der Waals surface area contributed by atoms with E-state index in [4.69, 9.17) is 18.6 Å². The molecule has 2 heterocycles.